The predicted octanol–water partition coefficient (Wildman–Crippen LogP) is 4.18. The number of hydrogen-bond acceptors (Lipinski definition) is 1. The second-order valence-electron chi connectivity index (χ2n) is 3.60. The van der Waals surface area contributed by atoms with E-state index in [1.807, 2.05) is 12.1 Å². The Bertz CT molecular complexity index is 633. The quantitative estimate of drug-likeness (QED) is 0.418. The first-order valence-electron chi connectivity index (χ1n) is 4.89. The highest BCUT2D eigenvalue weighted by atomic mass is 35.5. The van der Waals surface area contributed by atoms with Crippen LogP contribution in [0.1, 0.15) is 0 Å². The van der Waals surface area contributed by atoms with Crippen molar-refractivity contribution in [3.05, 3.63) is 53.6 Å². The van der Waals surface area contributed by atoms with Gasteiger partial charge in [-0.05, 0) is 22.9 Å². The molecular formula is C13H7ClFN. The topological polar surface area (TPSA) is 12.9 Å². The van der Waals surface area contributed by atoms with Gasteiger partial charge < -0.3 is 0 Å². The number of fused-ring (bicyclic) bond motifs is 3. The molecule has 3 rings (SSSR count). The summed E-state index contributed by atoms with van der Waals surface area (Å²) in [7, 11) is 0. The fourth-order valence-corrected chi connectivity index (χ4v) is 2.17. The highest BCUT2D eigenvalue weighted by Gasteiger charge is 2.06. The summed E-state index contributed by atoms with van der Waals surface area (Å²) in [5.41, 5.74) is 0. The average molecular weight is 232 g/mol. The van der Waals surface area contributed by atoms with Crippen LogP contribution in [-0.2, 0) is 0 Å². The van der Waals surface area contributed by atoms with Gasteiger partial charge >= 0.3 is 0 Å². The van der Waals surface area contributed by atoms with Gasteiger partial charge in [0.05, 0.1) is 0 Å². The number of pyridine rings is 1. The van der Waals surface area contributed by atoms with Crippen LogP contribution in [0.3, 0.4) is 0 Å². The summed E-state index contributed by atoms with van der Waals surface area (Å²) in [6.45, 7) is 0. The Balaban J connectivity index is 2.60. The number of benzene rings is 2. The van der Waals surface area contributed by atoms with Gasteiger partial charge in [0, 0.05) is 17.0 Å². The molecular weight excluding hydrogens is 225 g/mol. The van der Waals surface area contributed by atoms with Gasteiger partial charge in [-0.25, -0.2) is 9.37 Å². The fourth-order valence-electron chi connectivity index (χ4n) is 1.95. The zero-order valence-electron chi connectivity index (χ0n) is 8.24. The van der Waals surface area contributed by atoms with E-state index < -0.39 is 0 Å². The third-order valence-corrected chi connectivity index (χ3v) is 3.00. The van der Waals surface area contributed by atoms with Crippen molar-refractivity contribution in [3.8, 4) is 0 Å². The molecule has 0 saturated carbocycles. The van der Waals surface area contributed by atoms with E-state index in [1.165, 1.54) is 6.07 Å². The van der Waals surface area contributed by atoms with Crippen LogP contribution in [-0.4, -0.2) is 4.98 Å². The van der Waals surface area contributed by atoms with E-state index >= 15 is 0 Å². The Hall–Kier alpha value is -1.67. The summed E-state index contributed by atoms with van der Waals surface area (Å²) < 4.78 is 13.6. The molecule has 78 valence electrons. The van der Waals surface area contributed by atoms with Crippen molar-refractivity contribution in [1.29, 1.82) is 0 Å². The average Bonchev–Trinajstić information content (AvgIpc) is 2.30. The van der Waals surface area contributed by atoms with E-state index in [1.54, 1.807) is 24.4 Å². The molecule has 0 amide bonds. The lowest BCUT2D eigenvalue weighted by molar-refractivity contribution is 0.640. The van der Waals surface area contributed by atoms with Crippen molar-refractivity contribution in [1.82, 2.24) is 4.98 Å². The summed E-state index contributed by atoms with van der Waals surface area (Å²) in [5, 5.41) is 3.70. The Morgan fingerprint density at radius 1 is 0.875 bits per heavy atom. The smallest absolute Gasteiger partial charge is 0.136 e. The molecule has 1 heterocycles. The number of aromatic nitrogens is 1. The minimum atomic E-state index is -0.215. The molecule has 0 bridgehead atoms. The lowest BCUT2D eigenvalue weighted by Crippen LogP contribution is -1.83. The van der Waals surface area contributed by atoms with E-state index in [0.29, 0.717) is 10.5 Å². The first-order chi connectivity index (χ1) is 7.77. The third kappa shape index (κ3) is 1.27. The molecule has 3 heteroatoms. The van der Waals surface area contributed by atoms with Crippen LogP contribution in [0.2, 0.25) is 5.15 Å². The molecule has 1 aromatic heterocycles. The van der Waals surface area contributed by atoms with Gasteiger partial charge in [-0.1, -0.05) is 35.9 Å². The molecule has 0 saturated heterocycles. The maximum absolute atomic E-state index is 13.6. The van der Waals surface area contributed by atoms with E-state index in [0.717, 1.165) is 16.2 Å². The van der Waals surface area contributed by atoms with Crippen molar-refractivity contribution in [2.45, 2.75) is 0 Å². The standard InChI is InChI=1S/C13H7ClFN/c14-13-11-5-4-10-8(2-1-3-12(10)15)9(11)6-7-16-13/h1-7H. The lowest BCUT2D eigenvalue weighted by atomic mass is 10.0. The monoisotopic (exact) mass is 231 g/mol. The summed E-state index contributed by atoms with van der Waals surface area (Å²) in [5.74, 6) is -0.215. The van der Waals surface area contributed by atoms with E-state index in [9.17, 15) is 4.39 Å². The molecule has 0 unspecified atom stereocenters. The van der Waals surface area contributed by atoms with Crippen LogP contribution < -0.4 is 0 Å². The van der Waals surface area contributed by atoms with Gasteiger partial charge in [0.2, 0.25) is 0 Å². The third-order valence-electron chi connectivity index (χ3n) is 2.70. The molecule has 2 aromatic carbocycles. The molecule has 0 aliphatic rings. The molecule has 16 heavy (non-hydrogen) atoms. The highest BCUT2D eigenvalue weighted by Crippen LogP contribution is 2.29. The summed E-state index contributed by atoms with van der Waals surface area (Å²) >= 11 is 5.99. The van der Waals surface area contributed by atoms with E-state index in [-0.39, 0.29) is 5.82 Å². The summed E-state index contributed by atoms with van der Waals surface area (Å²) in [4.78, 5) is 4.01. The van der Waals surface area contributed by atoms with Crippen LogP contribution in [0.15, 0.2) is 42.6 Å². The van der Waals surface area contributed by atoms with Crippen molar-refractivity contribution >= 4 is 33.1 Å². The van der Waals surface area contributed by atoms with E-state index in [4.69, 9.17) is 11.6 Å². The second kappa shape index (κ2) is 3.42. The van der Waals surface area contributed by atoms with E-state index in [2.05, 4.69) is 4.98 Å². The molecule has 0 spiro atoms. The van der Waals surface area contributed by atoms with Gasteiger partial charge in [-0.2, -0.15) is 0 Å². The highest BCUT2D eigenvalue weighted by molar-refractivity contribution is 6.35. The van der Waals surface area contributed by atoms with Gasteiger partial charge in [0.15, 0.2) is 0 Å². The van der Waals surface area contributed by atoms with Crippen molar-refractivity contribution in [2.75, 3.05) is 0 Å². The molecule has 0 N–H and O–H groups in total. The molecule has 0 aliphatic heterocycles. The first-order valence-corrected chi connectivity index (χ1v) is 5.26. The molecule has 1 nitrogen and oxygen atoms in total. The molecule has 0 fully saturated rings. The number of hydrogen-bond donors (Lipinski definition) is 0. The van der Waals surface area contributed by atoms with Crippen LogP contribution >= 0.6 is 11.6 Å². The number of halogens is 2. The Labute approximate surface area is 96.5 Å². The maximum atomic E-state index is 13.6. The first kappa shape index (κ1) is 9.55. The van der Waals surface area contributed by atoms with Crippen LogP contribution in [0.25, 0.3) is 21.5 Å². The fraction of sp³-hybridized carbons (Fsp3) is 0. The van der Waals surface area contributed by atoms with Gasteiger partial charge in [-0.15, -0.1) is 0 Å². The number of nitrogens with zero attached hydrogens (tertiary/aromatic N) is 1. The Kier molecular flexibility index (Phi) is 2.04. The van der Waals surface area contributed by atoms with Crippen molar-refractivity contribution in [2.24, 2.45) is 0 Å². The molecule has 0 aliphatic carbocycles. The van der Waals surface area contributed by atoms with Crippen LogP contribution in [0, 0.1) is 5.82 Å². The molecule has 0 radical (unpaired) electrons. The Morgan fingerprint density at radius 3 is 2.50 bits per heavy atom. The van der Waals surface area contributed by atoms with Gasteiger partial charge in [0.25, 0.3) is 0 Å². The van der Waals surface area contributed by atoms with Crippen molar-refractivity contribution in [3.63, 3.8) is 0 Å². The summed E-state index contributed by atoms with van der Waals surface area (Å²) in [6, 6.07) is 10.4. The predicted molar refractivity (Wildman–Crippen MR) is 64.2 cm³/mol. The minimum Gasteiger partial charge on any atom is -0.244 e. The zero-order valence-corrected chi connectivity index (χ0v) is 9.00. The SMILES string of the molecule is Fc1cccc2c1ccc1c(Cl)nccc12. The normalized spacial score (nSPS) is 11.1. The second-order valence-corrected chi connectivity index (χ2v) is 3.96. The van der Waals surface area contributed by atoms with Gasteiger partial charge in [-0.3, -0.25) is 0 Å². The largest absolute Gasteiger partial charge is 0.244 e. The number of rotatable bonds is 0. The lowest BCUT2D eigenvalue weighted by Gasteiger charge is -2.05. The summed E-state index contributed by atoms with van der Waals surface area (Å²) in [6.07, 6.45) is 1.63. The van der Waals surface area contributed by atoms with Crippen molar-refractivity contribution < 1.29 is 4.39 Å². The zero-order chi connectivity index (χ0) is 11.1. The van der Waals surface area contributed by atoms with Crippen LogP contribution in [0.5, 0.6) is 0 Å². The molecule has 3 aromatic rings. The maximum Gasteiger partial charge on any atom is 0.136 e. The van der Waals surface area contributed by atoms with Gasteiger partial charge in [0.1, 0.15) is 11.0 Å². The Morgan fingerprint density at radius 2 is 1.62 bits per heavy atom. The molecule has 0 atom stereocenters. The van der Waals surface area contributed by atoms with Crippen LogP contribution in [0.4, 0.5) is 4.39 Å². The minimum absolute atomic E-state index is 0.215.